The molecule has 2 amide bonds. The molecule has 4 nitrogen and oxygen atoms in total. The minimum Gasteiger partial charge on any atom is -0.399 e. The average molecular weight is 239 g/mol. The lowest BCUT2D eigenvalue weighted by molar-refractivity contribution is -0.129. The molecular formula is C11H11ClN2O2. The van der Waals surface area contributed by atoms with Gasteiger partial charge >= 0.3 is 0 Å². The summed E-state index contributed by atoms with van der Waals surface area (Å²) in [6, 6.07) is 4.76. The van der Waals surface area contributed by atoms with Gasteiger partial charge in [-0.3, -0.25) is 9.59 Å². The highest BCUT2D eigenvalue weighted by Gasteiger charge is 2.28. The first-order valence-electron chi connectivity index (χ1n) is 5.00. The summed E-state index contributed by atoms with van der Waals surface area (Å²) in [5, 5.41) is 0.359. The fourth-order valence-electron chi connectivity index (χ4n) is 1.72. The number of carbonyl (C=O) groups is 2. The van der Waals surface area contributed by atoms with Gasteiger partial charge in [-0.25, -0.2) is 4.90 Å². The molecule has 84 valence electrons. The molecule has 0 radical (unpaired) electrons. The van der Waals surface area contributed by atoms with Crippen molar-refractivity contribution in [1.29, 1.82) is 0 Å². The quantitative estimate of drug-likeness (QED) is 0.601. The largest absolute Gasteiger partial charge is 0.399 e. The molecule has 0 saturated carbocycles. The van der Waals surface area contributed by atoms with E-state index in [1.54, 1.807) is 18.2 Å². The average Bonchev–Trinajstić information content (AvgIpc) is 2.23. The van der Waals surface area contributed by atoms with Gasteiger partial charge in [0.25, 0.3) is 0 Å². The summed E-state index contributed by atoms with van der Waals surface area (Å²) < 4.78 is 0. The summed E-state index contributed by atoms with van der Waals surface area (Å²) in [5.74, 6) is -0.437. The zero-order valence-electron chi connectivity index (χ0n) is 8.57. The zero-order valence-corrected chi connectivity index (χ0v) is 9.33. The lowest BCUT2D eigenvalue weighted by atomic mass is 10.1. The zero-order chi connectivity index (χ0) is 11.7. The van der Waals surface area contributed by atoms with E-state index in [0.29, 0.717) is 35.7 Å². The number of rotatable bonds is 1. The first kappa shape index (κ1) is 11.0. The number of nitrogen functional groups attached to an aromatic ring is 1. The number of imide groups is 1. The fraction of sp³-hybridized carbons (Fsp3) is 0.273. The number of hydrogen-bond acceptors (Lipinski definition) is 3. The first-order chi connectivity index (χ1) is 7.59. The predicted molar refractivity (Wildman–Crippen MR) is 62.2 cm³/mol. The third-order valence-electron chi connectivity index (χ3n) is 2.49. The molecule has 1 aromatic rings. The van der Waals surface area contributed by atoms with Gasteiger partial charge in [-0.05, 0) is 24.6 Å². The standard InChI is InChI=1S/C11H11ClN2O2/c12-8-5-4-7(13)6-9(8)14-10(15)2-1-3-11(14)16/h4-6H,1-3,13H2. The molecule has 2 N–H and O–H groups in total. The second-order valence-electron chi connectivity index (χ2n) is 3.69. The highest BCUT2D eigenvalue weighted by atomic mass is 35.5. The Balaban J connectivity index is 2.45. The Hall–Kier alpha value is -1.55. The maximum atomic E-state index is 11.7. The first-order valence-corrected chi connectivity index (χ1v) is 5.38. The summed E-state index contributed by atoms with van der Waals surface area (Å²) >= 11 is 5.96. The number of halogens is 1. The van der Waals surface area contributed by atoms with E-state index in [-0.39, 0.29) is 11.8 Å². The van der Waals surface area contributed by atoms with Crippen molar-refractivity contribution in [3.63, 3.8) is 0 Å². The van der Waals surface area contributed by atoms with Gasteiger partial charge in [-0.1, -0.05) is 11.6 Å². The molecule has 0 atom stereocenters. The molecule has 1 aliphatic rings. The summed E-state index contributed by atoms with van der Waals surface area (Å²) in [6.07, 6.45) is 1.35. The van der Waals surface area contributed by atoms with E-state index in [1.165, 1.54) is 0 Å². The second-order valence-corrected chi connectivity index (χ2v) is 4.09. The molecule has 1 aromatic carbocycles. The molecule has 0 spiro atoms. The van der Waals surface area contributed by atoms with Crippen LogP contribution >= 0.6 is 11.6 Å². The molecule has 1 saturated heterocycles. The molecule has 5 heteroatoms. The summed E-state index contributed by atoms with van der Waals surface area (Å²) in [7, 11) is 0. The van der Waals surface area contributed by atoms with E-state index in [4.69, 9.17) is 17.3 Å². The van der Waals surface area contributed by atoms with E-state index in [0.717, 1.165) is 4.90 Å². The van der Waals surface area contributed by atoms with Gasteiger partial charge in [0.15, 0.2) is 0 Å². The normalized spacial score (nSPS) is 16.7. The molecular weight excluding hydrogens is 228 g/mol. The van der Waals surface area contributed by atoms with Crippen LogP contribution in [0, 0.1) is 0 Å². The highest BCUT2D eigenvalue weighted by Crippen LogP contribution is 2.31. The van der Waals surface area contributed by atoms with Gasteiger partial charge in [0, 0.05) is 18.5 Å². The second kappa shape index (κ2) is 4.14. The Morgan fingerprint density at radius 2 is 1.81 bits per heavy atom. The van der Waals surface area contributed by atoms with Crippen LogP contribution in [0.5, 0.6) is 0 Å². The smallest absolute Gasteiger partial charge is 0.233 e. The van der Waals surface area contributed by atoms with Crippen molar-refractivity contribution in [3.05, 3.63) is 23.2 Å². The lowest BCUT2D eigenvalue weighted by Crippen LogP contribution is -2.40. The van der Waals surface area contributed by atoms with Gasteiger partial charge in [0.1, 0.15) is 0 Å². The lowest BCUT2D eigenvalue weighted by Gasteiger charge is -2.25. The number of hydrogen-bond donors (Lipinski definition) is 1. The van der Waals surface area contributed by atoms with E-state index < -0.39 is 0 Å². The fourth-order valence-corrected chi connectivity index (χ4v) is 1.93. The Kier molecular flexibility index (Phi) is 2.83. The predicted octanol–water partition coefficient (Wildman–Crippen LogP) is 1.97. The molecule has 16 heavy (non-hydrogen) atoms. The van der Waals surface area contributed by atoms with Gasteiger partial charge in [0.05, 0.1) is 10.7 Å². The summed E-state index contributed by atoms with van der Waals surface area (Å²) in [6.45, 7) is 0. The Morgan fingerprint density at radius 3 is 2.44 bits per heavy atom. The third kappa shape index (κ3) is 1.88. The van der Waals surface area contributed by atoms with E-state index in [2.05, 4.69) is 0 Å². The van der Waals surface area contributed by atoms with E-state index in [9.17, 15) is 9.59 Å². The maximum absolute atomic E-state index is 11.7. The van der Waals surface area contributed by atoms with Crippen LogP contribution in [0.3, 0.4) is 0 Å². The molecule has 1 fully saturated rings. The Morgan fingerprint density at radius 1 is 1.19 bits per heavy atom. The number of piperidine rings is 1. The molecule has 1 aliphatic heterocycles. The van der Waals surface area contributed by atoms with Crippen LogP contribution in [0.25, 0.3) is 0 Å². The van der Waals surface area contributed by atoms with Crippen molar-refractivity contribution in [2.45, 2.75) is 19.3 Å². The topological polar surface area (TPSA) is 63.4 Å². The van der Waals surface area contributed by atoms with Crippen LogP contribution in [0.15, 0.2) is 18.2 Å². The van der Waals surface area contributed by atoms with Crippen LogP contribution in [0.1, 0.15) is 19.3 Å². The Labute approximate surface area is 98.0 Å². The molecule has 1 heterocycles. The van der Waals surface area contributed by atoms with E-state index in [1.807, 2.05) is 0 Å². The number of nitrogens with two attached hydrogens (primary N) is 1. The summed E-state index contributed by atoms with van der Waals surface area (Å²) in [4.78, 5) is 24.5. The molecule has 0 aromatic heterocycles. The van der Waals surface area contributed by atoms with Crippen LogP contribution < -0.4 is 10.6 Å². The highest BCUT2D eigenvalue weighted by molar-refractivity contribution is 6.35. The van der Waals surface area contributed by atoms with Crippen molar-refractivity contribution < 1.29 is 9.59 Å². The minimum absolute atomic E-state index is 0.219. The molecule has 0 unspecified atom stereocenters. The number of anilines is 2. The van der Waals surface area contributed by atoms with Crippen LogP contribution in [0.2, 0.25) is 5.02 Å². The molecule has 0 aliphatic carbocycles. The van der Waals surface area contributed by atoms with Gasteiger partial charge < -0.3 is 5.73 Å². The monoisotopic (exact) mass is 238 g/mol. The number of carbonyl (C=O) groups excluding carboxylic acids is 2. The number of nitrogens with zero attached hydrogens (tertiary/aromatic N) is 1. The van der Waals surface area contributed by atoms with Crippen LogP contribution in [0.4, 0.5) is 11.4 Å². The summed E-state index contributed by atoms with van der Waals surface area (Å²) in [5.41, 5.74) is 6.48. The number of amides is 2. The van der Waals surface area contributed by atoms with Crippen molar-refractivity contribution in [2.75, 3.05) is 10.6 Å². The molecule has 2 rings (SSSR count). The van der Waals surface area contributed by atoms with Crippen molar-refractivity contribution >= 4 is 34.8 Å². The van der Waals surface area contributed by atoms with Gasteiger partial charge in [0.2, 0.25) is 11.8 Å². The number of benzene rings is 1. The van der Waals surface area contributed by atoms with Crippen LogP contribution in [-0.4, -0.2) is 11.8 Å². The SMILES string of the molecule is Nc1ccc(Cl)c(N2C(=O)CCCC2=O)c1. The minimum atomic E-state index is -0.219. The van der Waals surface area contributed by atoms with Gasteiger partial charge in [-0.15, -0.1) is 0 Å². The third-order valence-corrected chi connectivity index (χ3v) is 2.81. The van der Waals surface area contributed by atoms with Crippen molar-refractivity contribution in [1.82, 2.24) is 0 Å². The van der Waals surface area contributed by atoms with Crippen molar-refractivity contribution in [3.8, 4) is 0 Å². The Bertz CT molecular complexity index is 443. The van der Waals surface area contributed by atoms with Gasteiger partial charge in [-0.2, -0.15) is 0 Å². The van der Waals surface area contributed by atoms with Crippen molar-refractivity contribution in [2.24, 2.45) is 0 Å². The molecule has 0 bridgehead atoms. The van der Waals surface area contributed by atoms with Crippen LogP contribution in [-0.2, 0) is 9.59 Å². The van der Waals surface area contributed by atoms with E-state index >= 15 is 0 Å². The maximum Gasteiger partial charge on any atom is 0.233 e.